The second-order valence-corrected chi connectivity index (χ2v) is 9.71. The number of benzene rings is 1. The summed E-state index contributed by atoms with van der Waals surface area (Å²) in [5.74, 6) is 0.168. The minimum Gasteiger partial charge on any atom is -0.411 e. The molecule has 2 rings (SSSR count). The van der Waals surface area contributed by atoms with E-state index in [4.69, 9.17) is 4.42 Å². The largest absolute Gasteiger partial charge is 0.411 e. The minimum absolute atomic E-state index is 0.00951. The van der Waals surface area contributed by atoms with E-state index in [2.05, 4.69) is 54.5 Å². The number of amides is 1. The van der Waals surface area contributed by atoms with Crippen LogP contribution in [0.2, 0.25) is 0 Å². The van der Waals surface area contributed by atoms with E-state index in [1.165, 1.54) is 17.3 Å². The summed E-state index contributed by atoms with van der Waals surface area (Å²) in [6, 6.07) is 10.2. The van der Waals surface area contributed by atoms with Gasteiger partial charge in [-0.25, -0.2) is 0 Å². The van der Waals surface area contributed by atoms with Gasteiger partial charge >= 0.3 is 0 Å². The van der Waals surface area contributed by atoms with Crippen molar-refractivity contribution < 1.29 is 9.21 Å². The number of hydrogen-bond acceptors (Lipinski definition) is 6. The lowest BCUT2D eigenvalue weighted by molar-refractivity contribution is -0.121. The normalized spacial score (nSPS) is 15.0. The molecule has 150 valence electrons. The summed E-state index contributed by atoms with van der Waals surface area (Å²) in [5, 5.41) is 20.2. The Morgan fingerprint density at radius 1 is 1.14 bits per heavy atom. The van der Waals surface area contributed by atoms with Crippen molar-refractivity contribution in [2.24, 2.45) is 5.92 Å². The van der Waals surface area contributed by atoms with Crippen LogP contribution in [0.25, 0.3) is 11.5 Å². The lowest BCUT2D eigenvalue weighted by atomic mass is 9.87. The summed E-state index contributed by atoms with van der Waals surface area (Å²) in [7, 11) is 0. The van der Waals surface area contributed by atoms with Crippen molar-refractivity contribution in [2.45, 2.75) is 69.9 Å². The molecule has 28 heavy (non-hydrogen) atoms. The Hall–Kier alpha value is -2.33. The molecule has 0 bridgehead atoms. The summed E-state index contributed by atoms with van der Waals surface area (Å²) >= 11 is 1.18. The molecule has 0 saturated heterocycles. The molecule has 6 nitrogen and oxygen atoms in total. The third-order valence-corrected chi connectivity index (χ3v) is 5.76. The lowest BCUT2D eigenvalue weighted by Crippen LogP contribution is -2.51. The standard InChI is InChI=1S/C21H28N4O2S/c1-13(2)21(7,12-22)23-17(26)14(3)28-19-25-24-18(27-19)15-8-10-16(11-9-15)20(4,5)6/h8-11,13-14H,1-7H3,(H,23,26)/t14-,21+/m0/s1. The number of nitrogens with zero attached hydrogens (tertiary/aromatic N) is 3. The molecule has 0 unspecified atom stereocenters. The Kier molecular flexibility index (Phi) is 6.56. The van der Waals surface area contributed by atoms with Crippen molar-refractivity contribution in [1.82, 2.24) is 15.5 Å². The number of rotatable bonds is 6. The molecule has 1 aromatic carbocycles. The second-order valence-electron chi connectivity index (χ2n) is 8.42. The number of aromatic nitrogens is 2. The van der Waals surface area contributed by atoms with E-state index in [-0.39, 0.29) is 17.2 Å². The van der Waals surface area contributed by atoms with Gasteiger partial charge in [-0.05, 0) is 42.9 Å². The third-order valence-electron chi connectivity index (χ3n) is 4.82. The predicted octanol–water partition coefficient (Wildman–Crippen LogP) is 4.57. The van der Waals surface area contributed by atoms with Gasteiger partial charge in [-0.2, -0.15) is 5.26 Å². The Bertz CT molecular complexity index is 862. The number of thioether (sulfide) groups is 1. The molecule has 0 aliphatic rings. The van der Waals surface area contributed by atoms with E-state index in [9.17, 15) is 10.1 Å². The highest BCUT2D eigenvalue weighted by Crippen LogP contribution is 2.29. The van der Waals surface area contributed by atoms with Crippen molar-refractivity contribution in [2.75, 3.05) is 0 Å². The van der Waals surface area contributed by atoms with Gasteiger partial charge < -0.3 is 9.73 Å². The van der Waals surface area contributed by atoms with Crippen molar-refractivity contribution in [3.8, 4) is 17.5 Å². The first-order valence-electron chi connectivity index (χ1n) is 9.30. The molecule has 2 aromatic rings. The van der Waals surface area contributed by atoms with Crippen molar-refractivity contribution in [3.63, 3.8) is 0 Å². The molecule has 1 aromatic heterocycles. The summed E-state index contributed by atoms with van der Waals surface area (Å²) in [4.78, 5) is 12.5. The second kappa shape index (κ2) is 8.36. The van der Waals surface area contributed by atoms with Crippen LogP contribution in [0.5, 0.6) is 0 Å². The maximum absolute atomic E-state index is 12.5. The molecular formula is C21H28N4O2S. The average Bonchev–Trinajstić information content (AvgIpc) is 3.09. The van der Waals surface area contributed by atoms with Crippen molar-refractivity contribution in [1.29, 1.82) is 5.26 Å². The van der Waals surface area contributed by atoms with Crippen LogP contribution in [0.4, 0.5) is 0 Å². The van der Waals surface area contributed by atoms with Crippen LogP contribution in [0, 0.1) is 17.2 Å². The van der Waals surface area contributed by atoms with E-state index >= 15 is 0 Å². The van der Waals surface area contributed by atoms with Crippen LogP contribution >= 0.6 is 11.8 Å². The lowest BCUT2D eigenvalue weighted by Gasteiger charge is -2.28. The quantitative estimate of drug-likeness (QED) is 0.714. The van der Waals surface area contributed by atoms with Crippen LogP contribution < -0.4 is 5.32 Å². The molecule has 7 heteroatoms. The summed E-state index contributed by atoms with van der Waals surface area (Å²) in [6.45, 7) is 13.7. The summed E-state index contributed by atoms with van der Waals surface area (Å²) in [6.07, 6.45) is 0. The smallest absolute Gasteiger partial charge is 0.277 e. The minimum atomic E-state index is -0.916. The van der Waals surface area contributed by atoms with Gasteiger partial charge in [0.25, 0.3) is 5.22 Å². The number of nitrogens with one attached hydrogen (secondary N) is 1. The fourth-order valence-electron chi connectivity index (χ4n) is 2.35. The first-order valence-corrected chi connectivity index (χ1v) is 10.2. The Balaban J connectivity index is 2.06. The predicted molar refractivity (Wildman–Crippen MR) is 111 cm³/mol. The maximum Gasteiger partial charge on any atom is 0.277 e. The fraction of sp³-hybridized carbons (Fsp3) is 0.524. The Labute approximate surface area is 171 Å². The highest BCUT2D eigenvalue weighted by Gasteiger charge is 2.32. The van der Waals surface area contributed by atoms with Gasteiger partial charge in [0.05, 0.1) is 11.3 Å². The van der Waals surface area contributed by atoms with Crippen LogP contribution in [0.1, 0.15) is 54.0 Å². The monoisotopic (exact) mass is 400 g/mol. The number of carbonyl (C=O) groups excluding carboxylic acids is 1. The van der Waals surface area contributed by atoms with Crippen molar-refractivity contribution in [3.05, 3.63) is 29.8 Å². The first kappa shape index (κ1) is 22.0. The molecule has 1 amide bonds. The molecule has 1 heterocycles. The van der Waals surface area contributed by atoms with E-state index in [1.807, 2.05) is 26.0 Å². The Morgan fingerprint density at radius 3 is 2.25 bits per heavy atom. The van der Waals surface area contributed by atoms with Gasteiger partial charge in [0, 0.05) is 5.56 Å². The Morgan fingerprint density at radius 2 is 1.75 bits per heavy atom. The SMILES string of the molecule is CC(C)[C@@](C)(C#N)NC(=O)[C@H](C)Sc1nnc(-c2ccc(C(C)(C)C)cc2)o1. The molecule has 0 spiro atoms. The molecule has 0 aliphatic carbocycles. The van der Waals surface area contributed by atoms with E-state index in [0.29, 0.717) is 11.1 Å². The fourth-order valence-corrected chi connectivity index (χ4v) is 3.03. The summed E-state index contributed by atoms with van der Waals surface area (Å²) in [5.41, 5.74) is 1.22. The van der Waals surface area contributed by atoms with Gasteiger partial charge in [0.2, 0.25) is 11.8 Å². The van der Waals surface area contributed by atoms with Crippen LogP contribution in [0.3, 0.4) is 0 Å². The molecular weight excluding hydrogens is 372 g/mol. The van der Waals surface area contributed by atoms with E-state index in [1.54, 1.807) is 13.8 Å². The third kappa shape index (κ3) is 5.14. The van der Waals surface area contributed by atoms with Gasteiger partial charge in [0.1, 0.15) is 5.54 Å². The zero-order chi connectivity index (χ0) is 21.1. The number of hydrogen-bond donors (Lipinski definition) is 1. The molecule has 0 aliphatic heterocycles. The van der Waals surface area contributed by atoms with Gasteiger partial charge in [-0.1, -0.05) is 58.5 Å². The molecule has 0 radical (unpaired) electrons. The van der Waals surface area contributed by atoms with Gasteiger partial charge in [-0.15, -0.1) is 10.2 Å². The van der Waals surface area contributed by atoms with E-state index in [0.717, 1.165) is 5.56 Å². The topological polar surface area (TPSA) is 91.8 Å². The van der Waals surface area contributed by atoms with Crippen LogP contribution in [-0.4, -0.2) is 26.9 Å². The molecule has 2 atom stereocenters. The zero-order valence-electron chi connectivity index (χ0n) is 17.5. The number of carbonyl (C=O) groups is 1. The molecule has 1 N–H and O–H groups in total. The average molecular weight is 401 g/mol. The van der Waals surface area contributed by atoms with Crippen molar-refractivity contribution >= 4 is 17.7 Å². The highest BCUT2D eigenvalue weighted by atomic mass is 32.2. The van der Waals surface area contributed by atoms with E-state index < -0.39 is 10.8 Å². The maximum atomic E-state index is 12.5. The zero-order valence-corrected chi connectivity index (χ0v) is 18.3. The van der Waals surface area contributed by atoms with Crippen LogP contribution in [0.15, 0.2) is 33.9 Å². The van der Waals surface area contributed by atoms with Gasteiger partial charge in [-0.3, -0.25) is 4.79 Å². The van der Waals surface area contributed by atoms with Gasteiger partial charge in [0.15, 0.2) is 0 Å². The number of nitriles is 1. The first-order chi connectivity index (χ1) is 13.0. The summed E-state index contributed by atoms with van der Waals surface area (Å²) < 4.78 is 5.72. The molecule has 0 saturated carbocycles. The molecule has 0 fully saturated rings. The van der Waals surface area contributed by atoms with Crippen LogP contribution in [-0.2, 0) is 10.2 Å². The highest BCUT2D eigenvalue weighted by molar-refractivity contribution is 8.00.